The van der Waals surface area contributed by atoms with Crippen LogP contribution in [-0.2, 0) is 0 Å². The van der Waals surface area contributed by atoms with Gasteiger partial charge in [-0.15, -0.1) is 0 Å². The molecule has 1 aromatic heterocycles. The van der Waals surface area contributed by atoms with Crippen molar-refractivity contribution in [3.63, 3.8) is 0 Å². The number of nitrogens with one attached hydrogen (secondary N) is 1. The van der Waals surface area contributed by atoms with Crippen LogP contribution in [0.3, 0.4) is 0 Å². The van der Waals surface area contributed by atoms with E-state index in [1.807, 2.05) is 25.3 Å². The summed E-state index contributed by atoms with van der Waals surface area (Å²) in [4.78, 5) is 4.21. The fourth-order valence-corrected chi connectivity index (χ4v) is 2.03. The van der Waals surface area contributed by atoms with E-state index < -0.39 is 0 Å². The predicted octanol–water partition coefficient (Wildman–Crippen LogP) is 1.61. The van der Waals surface area contributed by atoms with Crippen LogP contribution < -0.4 is 10.1 Å². The van der Waals surface area contributed by atoms with E-state index in [9.17, 15) is 5.11 Å². The molecule has 0 aromatic carbocycles. The highest BCUT2D eigenvalue weighted by Gasteiger charge is 2.16. The lowest BCUT2D eigenvalue weighted by Gasteiger charge is -2.22. The Morgan fingerprint density at radius 2 is 2.38 bits per heavy atom. The molecule has 0 fully saturated rings. The second kappa shape index (κ2) is 6.60. The summed E-state index contributed by atoms with van der Waals surface area (Å²) in [7, 11) is 1.62. The molecule has 90 valence electrons. The van der Waals surface area contributed by atoms with Gasteiger partial charge in [0, 0.05) is 17.5 Å². The highest BCUT2D eigenvalue weighted by atomic mass is 32.2. The average molecular weight is 242 g/mol. The van der Waals surface area contributed by atoms with Gasteiger partial charge in [0.1, 0.15) is 0 Å². The van der Waals surface area contributed by atoms with Gasteiger partial charge in [0.05, 0.1) is 13.7 Å². The number of anilines is 1. The Bertz CT molecular complexity index is 319. The zero-order chi connectivity index (χ0) is 12.0. The summed E-state index contributed by atoms with van der Waals surface area (Å²) < 4.78 is 5.20. The van der Waals surface area contributed by atoms with Crippen molar-refractivity contribution >= 4 is 17.6 Å². The van der Waals surface area contributed by atoms with Crippen LogP contribution in [0.1, 0.15) is 6.92 Å². The molecule has 1 aromatic rings. The fourth-order valence-electron chi connectivity index (χ4n) is 1.41. The third-order valence-electron chi connectivity index (χ3n) is 2.40. The summed E-state index contributed by atoms with van der Waals surface area (Å²) in [5, 5.41) is 12.6. The van der Waals surface area contributed by atoms with Gasteiger partial charge in [0.2, 0.25) is 0 Å². The first-order valence-electron chi connectivity index (χ1n) is 5.12. The number of pyridine rings is 1. The van der Waals surface area contributed by atoms with Crippen molar-refractivity contribution in [2.75, 3.05) is 25.3 Å². The van der Waals surface area contributed by atoms with Crippen LogP contribution in [0.4, 0.5) is 5.82 Å². The Morgan fingerprint density at radius 3 is 2.94 bits per heavy atom. The molecule has 2 N–H and O–H groups in total. The summed E-state index contributed by atoms with van der Waals surface area (Å²) in [5.41, 5.74) is 0. The van der Waals surface area contributed by atoms with E-state index in [0.717, 1.165) is 0 Å². The van der Waals surface area contributed by atoms with E-state index >= 15 is 0 Å². The first kappa shape index (κ1) is 13.1. The average Bonchev–Trinajstić information content (AvgIpc) is 2.31. The smallest absolute Gasteiger partial charge is 0.168 e. The van der Waals surface area contributed by atoms with E-state index in [4.69, 9.17) is 4.74 Å². The molecule has 4 nitrogen and oxygen atoms in total. The van der Waals surface area contributed by atoms with Gasteiger partial charge < -0.3 is 15.2 Å². The molecule has 0 spiro atoms. The van der Waals surface area contributed by atoms with Gasteiger partial charge in [-0.05, 0) is 25.3 Å². The molecule has 0 saturated heterocycles. The zero-order valence-electron chi connectivity index (χ0n) is 9.80. The molecular formula is C11H18N2O2S. The molecule has 0 aliphatic carbocycles. The van der Waals surface area contributed by atoms with Gasteiger partial charge in [-0.25, -0.2) is 4.98 Å². The third kappa shape index (κ3) is 3.28. The topological polar surface area (TPSA) is 54.4 Å². The zero-order valence-corrected chi connectivity index (χ0v) is 10.6. The number of aromatic nitrogens is 1. The molecular weight excluding hydrogens is 224 g/mol. The van der Waals surface area contributed by atoms with Gasteiger partial charge in [-0.1, -0.05) is 0 Å². The lowest BCUT2D eigenvalue weighted by atomic mass is 10.2. The maximum atomic E-state index is 9.19. The first-order valence-corrected chi connectivity index (χ1v) is 6.41. The molecule has 0 aliphatic rings. The van der Waals surface area contributed by atoms with Crippen molar-refractivity contribution in [1.82, 2.24) is 4.98 Å². The van der Waals surface area contributed by atoms with Gasteiger partial charge in [0.25, 0.3) is 0 Å². The Kier molecular flexibility index (Phi) is 5.42. The SMILES string of the molecule is COc1cccnc1NC(C)C(CO)SC. The van der Waals surface area contributed by atoms with Crippen LogP contribution in [0.25, 0.3) is 0 Å². The van der Waals surface area contributed by atoms with Crippen LogP contribution in [0.2, 0.25) is 0 Å². The molecule has 16 heavy (non-hydrogen) atoms. The van der Waals surface area contributed by atoms with Crippen molar-refractivity contribution in [3.05, 3.63) is 18.3 Å². The number of aliphatic hydroxyl groups excluding tert-OH is 1. The summed E-state index contributed by atoms with van der Waals surface area (Å²) in [6, 6.07) is 3.81. The highest BCUT2D eigenvalue weighted by Crippen LogP contribution is 2.23. The molecule has 0 radical (unpaired) electrons. The summed E-state index contributed by atoms with van der Waals surface area (Å²) in [6.07, 6.45) is 3.69. The standard InChI is InChI=1S/C11H18N2O2S/c1-8(10(7-14)16-3)13-11-9(15-2)5-4-6-12-11/h4-6,8,10,14H,7H2,1-3H3,(H,12,13). The van der Waals surface area contributed by atoms with Crippen LogP contribution in [0.5, 0.6) is 5.75 Å². The minimum atomic E-state index is 0.129. The number of ether oxygens (including phenoxy) is 1. The number of hydrogen-bond donors (Lipinski definition) is 2. The number of thioether (sulfide) groups is 1. The quantitative estimate of drug-likeness (QED) is 0.794. The molecule has 0 aliphatic heterocycles. The largest absolute Gasteiger partial charge is 0.493 e. The van der Waals surface area contributed by atoms with Crippen molar-refractivity contribution in [2.45, 2.75) is 18.2 Å². The normalized spacial score (nSPS) is 14.2. The monoisotopic (exact) mass is 242 g/mol. The molecule has 0 saturated carbocycles. The van der Waals surface area contributed by atoms with Crippen molar-refractivity contribution in [2.24, 2.45) is 0 Å². The number of aliphatic hydroxyl groups is 1. The van der Waals surface area contributed by atoms with Gasteiger partial charge in [-0.2, -0.15) is 11.8 Å². The Morgan fingerprint density at radius 1 is 1.62 bits per heavy atom. The van der Waals surface area contributed by atoms with Gasteiger partial charge in [0.15, 0.2) is 11.6 Å². The van der Waals surface area contributed by atoms with E-state index in [1.165, 1.54) is 0 Å². The highest BCUT2D eigenvalue weighted by molar-refractivity contribution is 7.99. The van der Waals surface area contributed by atoms with Crippen LogP contribution >= 0.6 is 11.8 Å². The van der Waals surface area contributed by atoms with E-state index in [0.29, 0.717) is 11.6 Å². The Balaban J connectivity index is 2.71. The molecule has 2 unspecified atom stereocenters. The summed E-state index contributed by atoms with van der Waals surface area (Å²) in [6.45, 7) is 2.16. The van der Waals surface area contributed by atoms with Crippen LogP contribution in [0, 0.1) is 0 Å². The van der Waals surface area contributed by atoms with Crippen LogP contribution in [-0.4, -0.2) is 41.4 Å². The molecule has 1 rings (SSSR count). The molecule has 2 atom stereocenters. The molecule has 5 heteroatoms. The first-order chi connectivity index (χ1) is 7.72. The van der Waals surface area contributed by atoms with Crippen molar-refractivity contribution < 1.29 is 9.84 Å². The summed E-state index contributed by atoms with van der Waals surface area (Å²) in [5.74, 6) is 1.43. The van der Waals surface area contributed by atoms with Crippen molar-refractivity contribution in [1.29, 1.82) is 0 Å². The van der Waals surface area contributed by atoms with E-state index in [2.05, 4.69) is 10.3 Å². The summed E-state index contributed by atoms with van der Waals surface area (Å²) >= 11 is 1.63. The molecule has 0 amide bonds. The lowest BCUT2D eigenvalue weighted by molar-refractivity contribution is 0.288. The second-order valence-electron chi connectivity index (χ2n) is 3.44. The maximum Gasteiger partial charge on any atom is 0.168 e. The van der Waals surface area contributed by atoms with E-state index in [-0.39, 0.29) is 17.9 Å². The molecule has 0 bridgehead atoms. The van der Waals surface area contributed by atoms with E-state index in [1.54, 1.807) is 25.1 Å². The number of nitrogens with zero attached hydrogens (tertiary/aromatic N) is 1. The lowest BCUT2D eigenvalue weighted by Crippen LogP contribution is -2.31. The predicted molar refractivity (Wildman–Crippen MR) is 68.3 cm³/mol. The Labute approximate surface area is 100 Å². The van der Waals surface area contributed by atoms with Gasteiger partial charge in [-0.3, -0.25) is 0 Å². The van der Waals surface area contributed by atoms with Crippen LogP contribution in [0.15, 0.2) is 18.3 Å². The Hall–Kier alpha value is -0.940. The fraction of sp³-hybridized carbons (Fsp3) is 0.545. The van der Waals surface area contributed by atoms with Gasteiger partial charge >= 0.3 is 0 Å². The minimum absolute atomic E-state index is 0.129. The van der Waals surface area contributed by atoms with Crippen molar-refractivity contribution in [3.8, 4) is 5.75 Å². The number of rotatable bonds is 6. The minimum Gasteiger partial charge on any atom is -0.493 e. The number of methoxy groups -OCH3 is 1. The second-order valence-corrected chi connectivity index (χ2v) is 4.52. The maximum absolute atomic E-state index is 9.19. The third-order valence-corrected chi connectivity index (χ3v) is 3.56. The number of hydrogen-bond acceptors (Lipinski definition) is 5. The molecule has 1 heterocycles.